The molecule has 9 nitrogen and oxygen atoms in total. The molecule has 1 atom stereocenters. The molecule has 1 aromatic carbocycles. The molecule has 2 amide bonds. The fourth-order valence-corrected chi connectivity index (χ4v) is 4.34. The number of piperazine rings is 1. The van der Waals surface area contributed by atoms with Crippen molar-refractivity contribution in [1.29, 1.82) is 0 Å². The zero-order chi connectivity index (χ0) is 23.5. The predicted octanol–water partition coefficient (Wildman–Crippen LogP) is -0.376. The van der Waals surface area contributed by atoms with Gasteiger partial charge in [-0.05, 0) is 29.6 Å². The van der Waals surface area contributed by atoms with E-state index in [1.54, 1.807) is 29.4 Å². The number of carbonyl (C=O) groups is 2. The number of aromatic nitrogens is 2. The summed E-state index contributed by atoms with van der Waals surface area (Å²) in [5, 5.41) is 13.3. The van der Waals surface area contributed by atoms with Gasteiger partial charge >= 0.3 is 0 Å². The number of nitrogens with one attached hydrogen (secondary N) is 2. The van der Waals surface area contributed by atoms with E-state index in [1.165, 1.54) is 0 Å². The number of rotatable bonds is 6. The van der Waals surface area contributed by atoms with Gasteiger partial charge in [0.1, 0.15) is 20.1 Å². The maximum absolute atomic E-state index is 12.9. The van der Waals surface area contributed by atoms with Gasteiger partial charge in [-0.3, -0.25) is 9.59 Å². The molecule has 0 bridgehead atoms. The van der Waals surface area contributed by atoms with Gasteiger partial charge in [-0.2, -0.15) is 0 Å². The molecule has 1 saturated heterocycles. The highest BCUT2D eigenvalue weighted by Crippen LogP contribution is 2.31. The molecular weight excluding hydrogens is 443 g/mol. The van der Waals surface area contributed by atoms with Crippen LogP contribution < -0.4 is 21.4 Å². The molecule has 1 aliphatic rings. The van der Waals surface area contributed by atoms with Crippen LogP contribution in [0.1, 0.15) is 5.56 Å². The number of pyridine rings is 1. The van der Waals surface area contributed by atoms with Gasteiger partial charge in [0.2, 0.25) is 11.8 Å². The van der Waals surface area contributed by atoms with Crippen LogP contribution in [-0.2, 0) is 16.0 Å². The monoisotopic (exact) mass is 468 g/mol. The first-order valence-corrected chi connectivity index (χ1v) is 11.2. The lowest BCUT2D eigenvalue weighted by molar-refractivity contribution is -0.132. The summed E-state index contributed by atoms with van der Waals surface area (Å²) in [4.78, 5) is 36.2. The molecule has 0 spiro atoms. The smallest absolute Gasteiger partial charge is 0.250 e. The van der Waals surface area contributed by atoms with E-state index in [4.69, 9.17) is 22.4 Å². The van der Waals surface area contributed by atoms with E-state index < -0.39 is 18.6 Å². The van der Waals surface area contributed by atoms with Crippen LogP contribution in [0, 0.1) is 0 Å². The van der Waals surface area contributed by atoms with E-state index >= 15 is 0 Å². The molecule has 0 radical (unpaired) electrons. The second-order valence-electron chi connectivity index (χ2n) is 8.17. The van der Waals surface area contributed by atoms with Crippen molar-refractivity contribution in [2.24, 2.45) is 5.73 Å². The first-order chi connectivity index (χ1) is 15.9. The quantitative estimate of drug-likeness (QED) is 0.365. The number of carbonyl (C=O) groups excluding carboxylic acids is 2. The van der Waals surface area contributed by atoms with Crippen LogP contribution in [0.2, 0.25) is 5.02 Å². The minimum Gasteiger partial charge on any atom is -0.387 e. The summed E-state index contributed by atoms with van der Waals surface area (Å²) in [6, 6.07) is 6.74. The second kappa shape index (κ2) is 9.82. The Morgan fingerprint density at radius 2 is 1.94 bits per heavy atom. The highest BCUT2D eigenvalue weighted by atomic mass is 35.5. The molecule has 4 rings (SSSR count). The molecule has 3 aromatic rings. The minimum absolute atomic E-state index is 0.0706. The minimum atomic E-state index is -0.614. The van der Waals surface area contributed by atoms with Crippen LogP contribution in [-0.4, -0.2) is 78.5 Å². The van der Waals surface area contributed by atoms with Crippen molar-refractivity contribution in [3.8, 4) is 0 Å². The lowest BCUT2D eigenvalue weighted by Gasteiger charge is -2.38. The van der Waals surface area contributed by atoms with Gasteiger partial charge in [0.25, 0.3) is 0 Å². The number of amides is 2. The number of anilines is 2. The van der Waals surface area contributed by atoms with E-state index in [0.717, 1.165) is 22.1 Å². The molecule has 1 fully saturated rings. The molecule has 172 valence electrons. The molecule has 0 aliphatic carbocycles. The van der Waals surface area contributed by atoms with E-state index in [2.05, 4.69) is 20.2 Å². The molecule has 11 heteroatoms. The summed E-state index contributed by atoms with van der Waals surface area (Å²) in [5.41, 5.74) is 10.3. The van der Waals surface area contributed by atoms with Gasteiger partial charge in [0.05, 0.1) is 17.1 Å². The number of nitrogens with zero attached hydrogens (tertiary/aromatic N) is 3. The molecule has 0 saturated carbocycles. The topological polar surface area (TPSA) is 128 Å². The molecule has 1 aliphatic heterocycles. The number of nitrogens with two attached hydrogens (primary N) is 1. The van der Waals surface area contributed by atoms with Gasteiger partial charge in [0, 0.05) is 49.3 Å². The molecule has 33 heavy (non-hydrogen) atoms. The molecule has 2 aromatic heterocycles. The number of hydrogen-bond acceptors (Lipinski definition) is 6. The van der Waals surface area contributed by atoms with Crippen molar-refractivity contribution >= 4 is 59.1 Å². The Morgan fingerprint density at radius 1 is 1.24 bits per heavy atom. The SMILES string of the molecule is Bc1cnc2[nH]cc(NC(=O)CO)c2c1N1CCN(C(=O)[C@H](N)Cc2ccc(Cl)cc2)CC1. The fourth-order valence-electron chi connectivity index (χ4n) is 4.22. The van der Waals surface area contributed by atoms with E-state index in [0.29, 0.717) is 49.0 Å². The van der Waals surface area contributed by atoms with Gasteiger partial charge in [-0.25, -0.2) is 4.98 Å². The normalized spacial score (nSPS) is 15.0. The van der Waals surface area contributed by atoms with Crippen LogP contribution in [0.4, 0.5) is 11.4 Å². The summed E-state index contributed by atoms with van der Waals surface area (Å²) in [6.07, 6.45) is 3.91. The molecule has 5 N–H and O–H groups in total. The summed E-state index contributed by atoms with van der Waals surface area (Å²) >= 11 is 5.93. The third-order valence-corrected chi connectivity index (χ3v) is 6.12. The van der Waals surface area contributed by atoms with Crippen molar-refractivity contribution < 1.29 is 14.7 Å². The second-order valence-corrected chi connectivity index (χ2v) is 8.61. The number of benzene rings is 1. The Balaban J connectivity index is 1.46. The van der Waals surface area contributed by atoms with Crippen LogP contribution in [0.5, 0.6) is 0 Å². The number of aliphatic hydroxyl groups is 1. The maximum atomic E-state index is 12.9. The predicted molar refractivity (Wildman–Crippen MR) is 132 cm³/mol. The van der Waals surface area contributed by atoms with Crippen molar-refractivity contribution in [3.63, 3.8) is 0 Å². The summed E-state index contributed by atoms with van der Waals surface area (Å²) in [5.74, 6) is -0.563. The zero-order valence-corrected chi connectivity index (χ0v) is 19.1. The summed E-state index contributed by atoms with van der Waals surface area (Å²) in [6.45, 7) is 1.73. The highest BCUT2D eigenvalue weighted by molar-refractivity contribution is 6.38. The average molecular weight is 469 g/mol. The van der Waals surface area contributed by atoms with Crippen molar-refractivity contribution in [3.05, 3.63) is 47.2 Å². The number of aromatic amines is 1. The fraction of sp³-hybridized carbons (Fsp3) is 0.318. The van der Waals surface area contributed by atoms with Crippen molar-refractivity contribution in [2.75, 3.05) is 43.0 Å². The van der Waals surface area contributed by atoms with Gasteiger partial charge in [0.15, 0.2) is 0 Å². The van der Waals surface area contributed by atoms with Gasteiger partial charge in [-0.1, -0.05) is 23.7 Å². The van der Waals surface area contributed by atoms with E-state index in [9.17, 15) is 9.59 Å². The Kier molecular flexibility index (Phi) is 6.87. The Morgan fingerprint density at radius 3 is 2.61 bits per heavy atom. The molecular formula is C22H26BClN6O3. The first-order valence-electron chi connectivity index (χ1n) is 10.8. The molecule has 3 heterocycles. The van der Waals surface area contributed by atoms with Crippen molar-refractivity contribution in [2.45, 2.75) is 12.5 Å². The number of hydrogen-bond donors (Lipinski definition) is 4. The lowest BCUT2D eigenvalue weighted by Crippen LogP contribution is -2.54. The van der Waals surface area contributed by atoms with Crippen LogP contribution in [0.15, 0.2) is 36.7 Å². The Bertz CT molecular complexity index is 1160. The summed E-state index contributed by atoms with van der Waals surface area (Å²) in [7, 11) is 1.96. The first kappa shape index (κ1) is 23.1. The third-order valence-electron chi connectivity index (χ3n) is 5.87. The van der Waals surface area contributed by atoms with Crippen molar-refractivity contribution in [1.82, 2.24) is 14.9 Å². The number of aliphatic hydroxyl groups excluding tert-OH is 1. The summed E-state index contributed by atoms with van der Waals surface area (Å²) < 4.78 is 0. The largest absolute Gasteiger partial charge is 0.387 e. The standard InChI is InChI=1S/C22H26BClN6O3/c23-15-10-26-21-19(17(11-27-21)28-18(32)12-31)20(15)29-5-7-30(8-6-29)22(33)16(25)9-13-1-3-14(24)4-2-13/h1-4,10-11,16,31H,5-9,12,23,25H2,(H,26,27)(H,28,32)/t16-/m1/s1. The van der Waals surface area contributed by atoms with Gasteiger partial charge in [-0.15, -0.1) is 0 Å². The lowest BCUT2D eigenvalue weighted by atomic mass is 9.93. The van der Waals surface area contributed by atoms with Gasteiger partial charge < -0.3 is 30.9 Å². The maximum Gasteiger partial charge on any atom is 0.250 e. The van der Waals surface area contributed by atoms with Crippen LogP contribution in [0.3, 0.4) is 0 Å². The molecule has 0 unspecified atom stereocenters. The number of H-pyrrole nitrogens is 1. The Hall–Kier alpha value is -3.08. The third kappa shape index (κ3) is 4.97. The zero-order valence-electron chi connectivity index (χ0n) is 18.3. The van der Waals surface area contributed by atoms with Crippen LogP contribution in [0.25, 0.3) is 11.0 Å². The number of fused-ring (bicyclic) bond motifs is 1. The van der Waals surface area contributed by atoms with Crippen LogP contribution >= 0.6 is 11.6 Å². The van der Waals surface area contributed by atoms with E-state index in [-0.39, 0.29) is 5.91 Å². The highest BCUT2D eigenvalue weighted by Gasteiger charge is 2.27. The number of halogens is 1. The average Bonchev–Trinajstić information content (AvgIpc) is 3.22. The van der Waals surface area contributed by atoms with E-state index in [1.807, 2.05) is 20.0 Å². The Labute approximate surface area is 197 Å².